The number of nitrogens with zero attached hydrogens (tertiary/aromatic N) is 5. The molecular formula is C28H22FN5O2. The summed E-state index contributed by atoms with van der Waals surface area (Å²) in [6, 6.07) is 16.6. The fourth-order valence-corrected chi connectivity index (χ4v) is 4.90. The molecule has 36 heavy (non-hydrogen) atoms. The molecule has 0 unspecified atom stereocenters. The van der Waals surface area contributed by atoms with E-state index in [1.54, 1.807) is 34.0 Å². The number of aliphatic hydroxyl groups excluding tert-OH is 1. The number of aromatic nitrogens is 3. The number of hydrogen-bond donors (Lipinski definition) is 1. The van der Waals surface area contributed by atoms with Crippen LogP contribution in [0.4, 0.5) is 10.1 Å². The van der Waals surface area contributed by atoms with Gasteiger partial charge in [0.25, 0.3) is 5.91 Å². The average molecular weight is 480 g/mol. The Labute approximate surface area is 207 Å². The number of carbonyl (C=O) groups is 1. The second-order valence-electron chi connectivity index (χ2n) is 9.38. The molecule has 1 aliphatic carbocycles. The van der Waals surface area contributed by atoms with E-state index in [2.05, 4.69) is 22.3 Å². The quantitative estimate of drug-likeness (QED) is 0.448. The Balaban J connectivity index is 1.49. The summed E-state index contributed by atoms with van der Waals surface area (Å²) in [5.74, 6) is 0.274. The molecule has 8 heteroatoms. The highest BCUT2D eigenvalue weighted by atomic mass is 19.1. The van der Waals surface area contributed by atoms with E-state index in [1.807, 2.05) is 25.2 Å². The predicted octanol–water partition coefficient (Wildman–Crippen LogP) is 4.69. The van der Waals surface area contributed by atoms with Crippen LogP contribution in [-0.4, -0.2) is 25.8 Å². The molecule has 0 saturated heterocycles. The van der Waals surface area contributed by atoms with E-state index in [9.17, 15) is 19.6 Å². The zero-order valence-electron chi connectivity index (χ0n) is 19.6. The van der Waals surface area contributed by atoms with Crippen LogP contribution in [-0.2, 0) is 20.2 Å². The van der Waals surface area contributed by atoms with Crippen molar-refractivity contribution in [1.82, 2.24) is 14.8 Å². The predicted molar refractivity (Wildman–Crippen MR) is 131 cm³/mol. The summed E-state index contributed by atoms with van der Waals surface area (Å²) in [6.45, 7) is -0.203. The summed E-state index contributed by atoms with van der Waals surface area (Å²) in [4.78, 5) is 15.0. The van der Waals surface area contributed by atoms with Gasteiger partial charge in [0.05, 0.1) is 24.8 Å². The number of benzene rings is 3. The summed E-state index contributed by atoms with van der Waals surface area (Å²) in [6.07, 6.45) is 3.77. The van der Waals surface area contributed by atoms with Gasteiger partial charge in [0.1, 0.15) is 12.1 Å². The summed E-state index contributed by atoms with van der Waals surface area (Å²) >= 11 is 0. The number of halogens is 1. The van der Waals surface area contributed by atoms with Gasteiger partial charge in [-0.05, 0) is 77.4 Å². The molecule has 0 atom stereocenters. The largest absolute Gasteiger partial charge is 0.392 e. The Kier molecular flexibility index (Phi) is 5.16. The van der Waals surface area contributed by atoms with Crippen molar-refractivity contribution in [2.24, 2.45) is 7.05 Å². The van der Waals surface area contributed by atoms with Crippen molar-refractivity contribution in [2.45, 2.75) is 31.9 Å². The van der Waals surface area contributed by atoms with Gasteiger partial charge < -0.3 is 14.6 Å². The van der Waals surface area contributed by atoms with Gasteiger partial charge in [0.15, 0.2) is 5.82 Å². The van der Waals surface area contributed by atoms with Crippen molar-refractivity contribution in [1.29, 1.82) is 5.26 Å². The molecule has 2 aliphatic rings. The number of nitriles is 1. The van der Waals surface area contributed by atoms with Gasteiger partial charge in [-0.25, -0.2) is 4.39 Å². The lowest BCUT2D eigenvalue weighted by Crippen LogP contribution is -2.23. The number of anilines is 1. The molecule has 178 valence electrons. The normalized spacial score (nSPS) is 14.7. The highest BCUT2D eigenvalue weighted by Crippen LogP contribution is 2.45. The number of rotatable bonds is 5. The van der Waals surface area contributed by atoms with Crippen molar-refractivity contribution in [3.05, 3.63) is 88.5 Å². The number of aryl methyl sites for hydroxylation is 1. The van der Waals surface area contributed by atoms with E-state index in [0.29, 0.717) is 34.1 Å². The first-order valence-electron chi connectivity index (χ1n) is 11.7. The summed E-state index contributed by atoms with van der Waals surface area (Å²) in [7, 11) is 1.85. The van der Waals surface area contributed by atoms with Crippen LogP contribution in [0.1, 0.15) is 51.4 Å². The highest BCUT2D eigenvalue weighted by molar-refractivity contribution is 6.10. The molecule has 1 saturated carbocycles. The van der Waals surface area contributed by atoms with Gasteiger partial charge in [-0.1, -0.05) is 12.1 Å². The topological polar surface area (TPSA) is 95.0 Å². The molecule has 1 aliphatic heterocycles. The van der Waals surface area contributed by atoms with Crippen LogP contribution in [0, 0.1) is 17.1 Å². The van der Waals surface area contributed by atoms with Gasteiger partial charge in [-0.3, -0.25) is 4.79 Å². The third kappa shape index (κ3) is 3.65. The standard InChI is InChI=1S/C28H22FN5O2/c1-33-15-31-32-27(33)23-6-16(12-30)2-5-22(23)20-9-19(18-3-4-18)10-21(11-20)34-13-25-24(28(34)36)7-17(14-35)8-26(25)29/h2,5-11,15,18,35H,3-4,13-14H2,1H3. The molecule has 2 heterocycles. The van der Waals surface area contributed by atoms with Crippen molar-refractivity contribution in [3.8, 4) is 28.6 Å². The molecule has 1 fully saturated rings. The molecule has 0 radical (unpaired) electrons. The number of aliphatic hydroxyl groups is 1. The van der Waals surface area contributed by atoms with Gasteiger partial charge >= 0.3 is 0 Å². The van der Waals surface area contributed by atoms with Crippen molar-refractivity contribution in [3.63, 3.8) is 0 Å². The second kappa shape index (κ2) is 8.40. The molecule has 3 aromatic carbocycles. The number of amides is 1. The molecular weight excluding hydrogens is 457 g/mol. The fourth-order valence-electron chi connectivity index (χ4n) is 4.90. The monoisotopic (exact) mass is 479 g/mol. The maximum Gasteiger partial charge on any atom is 0.259 e. The molecule has 6 rings (SSSR count). The third-order valence-electron chi connectivity index (χ3n) is 6.94. The van der Waals surface area contributed by atoms with Crippen LogP contribution in [0.25, 0.3) is 22.5 Å². The SMILES string of the molecule is Cn1cnnc1-c1cc(C#N)ccc1-c1cc(C2CC2)cc(N2Cc3c(F)cc(CO)cc3C2=O)c1. The van der Waals surface area contributed by atoms with E-state index >= 15 is 0 Å². The average Bonchev–Trinajstić information content (AvgIpc) is 3.58. The van der Waals surface area contributed by atoms with Crippen LogP contribution in [0.5, 0.6) is 0 Å². The Bertz CT molecular complexity index is 1580. The summed E-state index contributed by atoms with van der Waals surface area (Å²) in [5, 5.41) is 27.2. The molecule has 1 aromatic heterocycles. The summed E-state index contributed by atoms with van der Waals surface area (Å²) in [5.41, 5.74) is 5.84. The van der Waals surface area contributed by atoms with Crippen molar-refractivity contribution >= 4 is 11.6 Å². The minimum absolute atomic E-state index is 0.128. The smallest absolute Gasteiger partial charge is 0.259 e. The van der Waals surface area contributed by atoms with Crippen molar-refractivity contribution in [2.75, 3.05) is 4.90 Å². The van der Waals surface area contributed by atoms with Gasteiger partial charge in [0.2, 0.25) is 0 Å². The van der Waals surface area contributed by atoms with E-state index in [1.165, 1.54) is 6.07 Å². The van der Waals surface area contributed by atoms with E-state index in [4.69, 9.17) is 0 Å². The van der Waals surface area contributed by atoms with Gasteiger partial charge in [-0.15, -0.1) is 10.2 Å². The van der Waals surface area contributed by atoms with Crippen LogP contribution >= 0.6 is 0 Å². The van der Waals surface area contributed by atoms with E-state index < -0.39 is 5.82 Å². The molecule has 1 N–H and O–H groups in total. The zero-order valence-corrected chi connectivity index (χ0v) is 19.6. The second-order valence-corrected chi connectivity index (χ2v) is 9.38. The number of fused-ring (bicyclic) bond motifs is 1. The van der Waals surface area contributed by atoms with E-state index in [0.717, 1.165) is 35.1 Å². The van der Waals surface area contributed by atoms with E-state index in [-0.39, 0.29) is 24.6 Å². The Morgan fingerprint density at radius 3 is 2.64 bits per heavy atom. The summed E-state index contributed by atoms with van der Waals surface area (Å²) < 4.78 is 16.5. The molecule has 0 spiro atoms. The zero-order chi connectivity index (χ0) is 25.0. The number of hydrogen-bond acceptors (Lipinski definition) is 5. The Morgan fingerprint density at radius 1 is 1.11 bits per heavy atom. The lowest BCUT2D eigenvalue weighted by Gasteiger charge is -2.20. The Morgan fingerprint density at radius 2 is 1.94 bits per heavy atom. The number of carbonyl (C=O) groups excluding carboxylic acids is 1. The van der Waals surface area contributed by atoms with Gasteiger partial charge in [0, 0.05) is 29.4 Å². The lowest BCUT2D eigenvalue weighted by atomic mass is 9.94. The van der Waals surface area contributed by atoms with Crippen LogP contribution in [0.3, 0.4) is 0 Å². The molecule has 1 amide bonds. The minimum atomic E-state index is -0.484. The molecule has 0 bridgehead atoms. The first kappa shape index (κ1) is 22.1. The van der Waals surface area contributed by atoms with Crippen LogP contribution in [0.15, 0.2) is 54.9 Å². The van der Waals surface area contributed by atoms with Crippen LogP contribution in [0.2, 0.25) is 0 Å². The first-order valence-corrected chi connectivity index (χ1v) is 11.7. The molecule has 4 aromatic rings. The third-order valence-corrected chi connectivity index (χ3v) is 6.94. The fraction of sp³-hybridized carbons (Fsp3) is 0.214. The lowest BCUT2D eigenvalue weighted by molar-refractivity contribution is 0.0996. The van der Waals surface area contributed by atoms with Gasteiger partial charge in [-0.2, -0.15) is 5.26 Å². The maximum atomic E-state index is 14.8. The maximum absolute atomic E-state index is 14.8. The van der Waals surface area contributed by atoms with Crippen molar-refractivity contribution < 1.29 is 14.3 Å². The van der Waals surface area contributed by atoms with Crippen LogP contribution < -0.4 is 4.90 Å². The Hall–Kier alpha value is -4.35. The molecule has 7 nitrogen and oxygen atoms in total. The minimum Gasteiger partial charge on any atom is -0.392 e. The highest BCUT2D eigenvalue weighted by Gasteiger charge is 2.33. The first-order chi connectivity index (χ1) is 17.5.